The molecule has 0 nitrogen and oxygen atoms in total. The molecule has 2 radical (unpaired) electrons. The Balaban J connectivity index is 0.000000211. The van der Waals surface area contributed by atoms with E-state index < -0.39 is 20.8 Å². The molecule has 0 saturated carbocycles. The summed E-state index contributed by atoms with van der Waals surface area (Å²) in [7, 11) is 11.0. The van der Waals surface area contributed by atoms with Crippen molar-refractivity contribution in [3.05, 3.63) is 96.6 Å². The Morgan fingerprint density at radius 1 is 0.897 bits per heavy atom. The molecule has 0 spiro atoms. The first kappa shape index (κ1) is 26.1. The van der Waals surface area contributed by atoms with E-state index in [0.29, 0.717) is 0 Å². The van der Waals surface area contributed by atoms with Crippen LogP contribution in [0.4, 0.5) is 0 Å². The molecule has 0 aliphatic heterocycles. The zero-order valence-corrected chi connectivity index (χ0v) is 22.4. The third-order valence-electron chi connectivity index (χ3n) is 4.12. The van der Waals surface area contributed by atoms with Crippen LogP contribution < -0.4 is 0 Å². The van der Waals surface area contributed by atoms with Gasteiger partial charge in [0.1, 0.15) is 0 Å². The third-order valence-corrected chi connectivity index (χ3v) is 4.91. The van der Waals surface area contributed by atoms with Crippen molar-refractivity contribution < 1.29 is 20.8 Å². The summed E-state index contributed by atoms with van der Waals surface area (Å²) in [6.45, 7) is 10.1. The molecule has 4 heteroatoms. The molecule has 4 rings (SSSR count). The molecule has 0 unspecified atom stereocenters. The second kappa shape index (κ2) is 15.9. The summed E-state index contributed by atoms with van der Waals surface area (Å²) < 4.78 is 0. The van der Waals surface area contributed by atoms with Crippen molar-refractivity contribution in [2.75, 3.05) is 0 Å². The van der Waals surface area contributed by atoms with Gasteiger partial charge in [-0.3, -0.25) is 0 Å². The van der Waals surface area contributed by atoms with Crippen LogP contribution in [-0.4, -0.2) is 9.52 Å². The van der Waals surface area contributed by atoms with E-state index >= 15 is 0 Å². The molecule has 0 aliphatic rings. The van der Waals surface area contributed by atoms with Gasteiger partial charge in [0, 0.05) is 9.52 Å². The second-order valence-corrected chi connectivity index (χ2v) is 11.5. The van der Waals surface area contributed by atoms with Crippen LogP contribution in [0.25, 0.3) is 21.5 Å². The van der Waals surface area contributed by atoms with Gasteiger partial charge in [0.2, 0.25) is 0 Å². The molecule has 4 aromatic carbocycles. The van der Waals surface area contributed by atoms with Gasteiger partial charge >= 0.3 is 37.9 Å². The fourth-order valence-corrected chi connectivity index (χ4v) is 3.35. The first-order chi connectivity index (χ1) is 14.0. The van der Waals surface area contributed by atoms with Crippen molar-refractivity contribution in [1.82, 2.24) is 0 Å². The van der Waals surface area contributed by atoms with E-state index in [1.807, 2.05) is 6.08 Å². The number of fused-ring (bicyclic) bond motifs is 2. The van der Waals surface area contributed by atoms with Crippen LogP contribution in [0.5, 0.6) is 0 Å². The average molecular weight is 519 g/mol. The summed E-state index contributed by atoms with van der Waals surface area (Å²) in [6, 6.07) is 27.0. The molecule has 0 aromatic heterocycles. The van der Waals surface area contributed by atoms with Crippen LogP contribution in [0.3, 0.4) is 0 Å². The number of benzene rings is 2. The fraction of sp³-hybridized carbons (Fsp3) is 0.200. The molecule has 0 fully saturated rings. The van der Waals surface area contributed by atoms with Crippen LogP contribution in [0.2, 0.25) is 12.6 Å². The summed E-state index contributed by atoms with van der Waals surface area (Å²) in [6.07, 6.45) is 3.16. The van der Waals surface area contributed by atoms with Crippen LogP contribution in [0.1, 0.15) is 17.5 Å². The van der Waals surface area contributed by atoms with Gasteiger partial charge < -0.3 is 0 Å². The monoisotopic (exact) mass is 516 g/mol. The standard InChI is InChI=1S/2C10H9.C5H10Si.2ClH.Zr/c2*1-8-6-9-4-2-3-5-10(9)7-8;1-3-4-5-6-2;;;/h2*2-7H,1H3;3H,1,4-5H2,2H3;2*1H;/q2*-1;;;;+4/p-2. The molecule has 0 amide bonds. The first-order valence-electron chi connectivity index (χ1n) is 9.51. The van der Waals surface area contributed by atoms with Crippen molar-refractivity contribution in [1.29, 1.82) is 0 Å². The summed E-state index contributed by atoms with van der Waals surface area (Å²) >= 11 is -0.826. The van der Waals surface area contributed by atoms with Gasteiger partial charge in [-0.25, -0.2) is 0 Å². The Hall–Kier alpha value is -0.920. The number of allylic oxidation sites excluding steroid dienone is 1. The van der Waals surface area contributed by atoms with Gasteiger partial charge in [0.15, 0.2) is 0 Å². The van der Waals surface area contributed by atoms with Gasteiger partial charge in [-0.1, -0.05) is 44.6 Å². The van der Waals surface area contributed by atoms with E-state index in [2.05, 4.69) is 99.8 Å². The van der Waals surface area contributed by atoms with E-state index in [-0.39, 0.29) is 0 Å². The minimum atomic E-state index is -0.826. The molecule has 150 valence electrons. The fourth-order valence-electron chi connectivity index (χ4n) is 2.86. The van der Waals surface area contributed by atoms with Crippen LogP contribution in [0, 0.1) is 13.8 Å². The minimum absolute atomic E-state index is 0.826. The van der Waals surface area contributed by atoms with E-state index in [9.17, 15) is 0 Å². The van der Waals surface area contributed by atoms with Gasteiger partial charge in [-0.2, -0.15) is 12.1 Å². The van der Waals surface area contributed by atoms with E-state index in [1.54, 1.807) is 0 Å². The van der Waals surface area contributed by atoms with Gasteiger partial charge in [-0.05, 0) is 6.42 Å². The Morgan fingerprint density at radius 3 is 1.62 bits per heavy atom. The Bertz CT molecular complexity index is 817. The SMILES string of the molecule is C=CCC[Si]C.Cc1cc2ccccc2[cH-]1.Cc1cc2ccccc2[cH-]1.[Cl][Zr+2][Cl]. The number of hydrogen-bond acceptors (Lipinski definition) is 0. The van der Waals surface area contributed by atoms with E-state index in [4.69, 9.17) is 17.0 Å². The molecular formula is C25H28Cl2SiZr. The number of rotatable bonds is 3. The zero-order valence-electron chi connectivity index (χ0n) is 17.4. The van der Waals surface area contributed by atoms with Crippen LogP contribution in [0.15, 0.2) is 85.5 Å². The maximum atomic E-state index is 4.93. The normalized spacial score (nSPS) is 9.28. The van der Waals surface area contributed by atoms with Crippen molar-refractivity contribution in [3.8, 4) is 0 Å². The first-order valence-corrected chi connectivity index (χ1v) is 17.5. The topological polar surface area (TPSA) is 0 Å². The summed E-state index contributed by atoms with van der Waals surface area (Å²) in [5.41, 5.74) is 2.70. The van der Waals surface area contributed by atoms with Gasteiger partial charge in [-0.15, -0.1) is 87.8 Å². The zero-order chi connectivity index (χ0) is 21.5. The van der Waals surface area contributed by atoms with E-state index in [1.165, 1.54) is 45.1 Å². The van der Waals surface area contributed by atoms with Crippen LogP contribution in [-0.2, 0) is 20.8 Å². The molecular weight excluding hydrogens is 490 g/mol. The average Bonchev–Trinajstić information content (AvgIpc) is 3.28. The summed E-state index contributed by atoms with van der Waals surface area (Å²) in [4.78, 5) is 0. The van der Waals surface area contributed by atoms with E-state index in [0.717, 1.165) is 9.52 Å². The molecule has 0 bridgehead atoms. The molecule has 0 heterocycles. The molecule has 0 atom stereocenters. The summed E-state index contributed by atoms with van der Waals surface area (Å²) in [5.74, 6) is 0. The molecule has 4 aromatic rings. The van der Waals surface area contributed by atoms with Gasteiger partial charge in [0.25, 0.3) is 0 Å². The Morgan fingerprint density at radius 2 is 1.31 bits per heavy atom. The van der Waals surface area contributed by atoms with Crippen LogP contribution >= 0.6 is 17.0 Å². The molecule has 0 N–H and O–H groups in total. The predicted octanol–water partition coefficient (Wildman–Crippen LogP) is 8.84. The second-order valence-electron chi connectivity index (χ2n) is 6.58. The molecule has 0 aliphatic carbocycles. The number of halogens is 2. The van der Waals surface area contributed by atoms with Gasteiger partial charge in [0.05, 0.1) is 0 Å². The predicted molar refractivity (Wildman–Crippen MR) is 132 cm³/mol. The quantitative estimate of drug-likeness (QED) is 0.110. The number of aryl methyl sites for hydroxylation is 2. The Kier molecular flexibility index (Phi) is 14.3. The van der Waals surface area contributed by atoms with Crippen molar-refractivity contribution in [3.63, 3.8) is 0 Å². The number of hydrogen-bond donors (Lipinski definition) is 0. The van der Waals surface area contributed by atoms with Crippen molar-refractivity contribution in [2.24, 2.45) is 0 Å². The third kappa shape index (κ3) is 10.6. The molecule has 0 saturated heterocycles. The van der Waals surface area contributed by atoms with Crippen molar-refractivity contribution in [2.45, 2.75) is 32.9 Å². The maximum absolute atomic E-state index is 4.93. The van der Waals surface area contributed by atoms with Crippen molar-refractivity contribution >= 4 is 48.1 Å². The Labute approximate surface area is 197 Å². The summed E-state index contributed by atoms with van der Waals surface area (Å²) in [5, 5.41) is 5.39. The molecule has 29 heavy (non-hydrogen) atoms.